The number of nitrogens with one attached hydrogen (secondary N) is 1. The molecule has 0 fully saturated rings. The Morgan fingerprint density at radius 1 is 1.15 bits per heavy atom. The van der Waals surface area contributed by atoms with Gasteiger partial charge in [0.2, 0.25) is 11.8 Å². The first-order valence-corrected chi connectivity index (χ1v) is 9.98. The summed E-state index contributed by atoms with van der Waals surface area (Å²) in [7, 11) is 0. The lowest BCUT2D eigenvalue weighted by Crippen LogP contribution is -2.14. The van der Waals surface area contributed by atoms with Crippen LogP contribution in [-0.4, -0.2) is 21.9 Å². The highest BCUT2D eigenvalue weighted by Gasteiger charge is 2.14. The van der Waals surface area contributed by atoms with Crippen LogP contribution in [0.15, 0.2) is 52.1 Å². The molecule has 0 saturated carbocycles. The molecule has 3 rings (SSSR count). The molecule has 0 saturated heterocycles. The fraction of sp³-hybridized carbons (Fsp3) is 0.211. The molecule has 8 heteroatoms. The lowest BCUT2D eigenvalue weighted by molar-refractivity contribution is -0.113. The number of carbonyl (C=O) groups excluding carboxylic acids is 1. The second kappa shape index (κ2) is 8.78. The van der Waals surface area contributed by atoms with Gasteiger partial charge in [-0.25, -0.2) is 0 Å². The van der Waals surface area contributed by atoms with Crippen molar-refractivity contribution in [3.8, 4) is 11.5 Å². The first kappa shape index (κ1) is 19.7. The molecule has 1 amide bonds. The Balaban J connectivity index is 1.57. The first-order chi connectivity index (χ1) is 12.9. The van der Waals surface area contributed by atoms with E-state index in [2.05, 4.69) is 29.4 Å². The van der Waals surface area contributed by atoms with Gasteiger partial charge in [-0.2, -0.15) is 0 Å². The van der Waals surface area contributed by atoms with E-state index in [1.165, 1.54) is 5.56 Å². The molecule has 1 N–H and O–H groups in total. The summed E-state index contributed by atoms with van der Waals surface area (Å²) in [5, 5.41) is 12.0. The average Bonchev–Trinajstić information content (AvgIpc) is 3.09. The van der Waals surface area contributed by atoms with Gasteiger partial charge in [0.15, 0.2) is 0 Å². The summed E-state index contributed by atoms with van der Waals surface area (Å²) >= 11 is 13.2. The molecule has 1 aromatic heterocycles. The highest BCUT2D eigenvalue weighted by Crippen LogP contribution is 2.31. The van der Waals surface area contributed by atoms with E-state index < -0.39 is 0 Å². The lowest BCUT2D eigenvalue weighted by atomic mass is 10.0. The molecule has 0 spiro atoms. The zero-order valence-electron chi connectivity index (χ0n) is 14.7. The van der Waals surface area contributed by atoms with Gasteiger partial charge in [-0.15, -0.1) is 10.2 Å². The number of thioether (sulfide) groups is 1. The molecule has 5 nitrogen and oxygen atoms in total. The van der Waals surface area contributed by atoms with Gasteiger partial charge in [0, 0.05) is 10.7 Å². The van der Waals surface area contributed by atoms with Crippen LogP contribution in [0.4, 0.5) is 5.69 Å². The Hall–Kier alpha value is -2.02. The van der Waals surface area contributed by atoms with Crippen LogP contribution < -0.4 is 5.32 Å². The highest BCUT2D eigenvalue weighted by atomic mass is 35.5. The summed E-state index contributed by atoms with van der Waals surface area (Å²) in [6.07, 6.45) is 0. The van der Waals surface area contributed by atoms with E-state index in [-0.39, 0.29) is 17.6 Å². The Morgan fingerprint density at radius 3 is 2.56 bits per heavy atom. The van der Waals surface area contributed by atoms with Gasteiger partial charge in [-0.1, -0.05) is 60.9 Å². The van der Waals surface area contributed by atoms with Gasteiger partial charge in [0.1, 0.15) is 0 Å². The standard InChI is InChI=1S/C19H17Cl2N3O2S/c1-11(2)12-3-6-14(7-4-12)22-17(25)10-27-19-24-23-18(26-19)15-8-5-13(20)9-16(15)21/h3-9,11H,10H2,1-2H3,(H,22,25). The number of hydrogen-bond acceptors (Lipinski definition) is 5. The van der Waals surface area contributed by atoms with Crippen molar-refractivity contribution < 1.29 is 9.21 Å². The third-order valence-corrected chi connectivity index (χ3v) is 5.12. The smallest absolute Gasteiger partial charge is 0.277 e. The maximum Gasteiger partial charge on any atom is 0.277 e. The van der Waals surface area contributed by atoms with Crippen molar-refractivity contribution in [3.63, 3.8) is 0 Å². The third-order valence-electron chi connectivity index (χ3n) is 3.76. The SMILES string of the molecule is CC(C)c1ccc(NC(=O)CSc2nnc(-c3ccc(Cl)cc3Cl)o2)cc1. The molecule has 140 valence electrons. The maximum atomic E-state index is 12.1. The molecular weight excluding hydrogens is 405 g/mol. The molecule has 2 aromatic carbocycles. The number of carbonyl (C=O) groups is 1. The Morgan fingerprint density at radius 2 is 1.89 bits per heavy atom. The number of hydrogen-bond donors (Lipinski definition) is 1. The van der Waals surface area contributed by atoms with Crippen molar-refractivity contribution in [2.45, 2.75) is 25.0 Å². The van der Waals surface area contributed by atoms with Crippen molar-refractivity contribution in [1.82, 2.24) is 10.2 Å². The minimum atomic E-state index is -0.151. The number of halogens is 2. The predicted molar refractivity (Wildman–Crippen MR) is 110 cm³/mol. The molecule has 0 aliphatic carbocycles. The molecular formula is C19H17Cl2N3O2S. The van der Waals surface area contributed by atoms with Crippen LogP contribution in [0.5, 0.6) is 0 Å². The minimum Gasteiger partial charge on any atom is -0.411 e. The number of rotatable bonds is 6. The van der Waals surface area contributed by atoms with E-state index >= 15 is 0 Å². The normalized spacial score (nSPS) is 11.0. The fourth-order valence-corrected chi connectivity index (χ4v) is 3.37. The number of amides is 1. The lowest BCUT2D eigenvalue weighted by Gasteiger charge is -2.07. The molecule has 1 heterocycles. The van der Waals surface area contributed by atoms with Crippen LogP contribution >= 0.6 is 35.0 Å². The van der Waals surface area contributed by atoms with Crippen molar-refractivity contribution >= 4 is 46.6 Å². The molecule has 0 aliphatic heterocycles. The van der Waals surface area contributed by atoms with Gasteiger partial charge in [0.05, 0.1) is 16.3 Å². The van der Waals surface area contributed by atoms with Crippen molar-refractivity contribution in [3.05, 3.63) is 58.1 Å². The summed E-state index contributed by atoms with van der Waals surface area (Å²) in [6.45, 7) is 4.25. The van der Waals surface area contributed by atoms with Crippen LogP contribution in [0.3, 0.4) is 0 Å². The van der Waals surface area contributed by atoms with E-state index in [9.17, 15) is 4.79 Å². The van der Waals surface area contributed by atoms with Crippen LogP contribution in [-0.2, 0) is 4.79 Å². The quantitative estimate of drug-likeness (QED) is 0.501. The van der Waals surface area contributed by atoms with E-state index in [0.29, 0.717) is 26.7 Å². The zero-order chi connectivity index (χ0) is 19.4. The predicted octanol–water partition coefficient (Wildman–Crippen LogP) is 5.90. The van der Waals surface area contributed by atoms with Crippen molar-refractivity contribution in [2.75, 3.05) is 11.1 Å². The maximum absolute atomic E-state index is 12.1. The summed E-state index contributed by atoms with van der Waals surface area (Å²) in [5.41, 5.74) is 2.57. The topological polar surface area (TPSA) is 68.0 Å². The largest absolute Gasteiger partial charge is 0.411 e. The molecule has 3 aromatic rings. The Kier molecular flexibility index (Phi) is 6.42. The van der Waals surface area contributed by atoms with E-state index in [1.54, 1.807) is 18.2 Å². The van der Waals surface area contributed by atoms with E-state index in [4.69, 9.17) is 27.6 Å². The van der Waals surface area contributed by atoms with Gasteiger partial charge < -0.3 is 9.73 Å². The molecule has 0 aliphatic rings. The first-order valence-electron chi connectivity index (χ1n) is 8.24. The fourth-order valence-electron chi connectivity index (χ4n) is 2.32. The molecule has 0 radical (unpaired) electrons. The van der Waals surface area contributed by atoms with Gasteiger partial charge in [0.25, 0.3) is 5.22 Å². The summed E-state index contributed by atoms with van der Waals surface area (Å²) in [4.78, 5) is 12.1. The highest BCUT2D eigenvalue weighted by molar-refractivity contribution is 7.99. The molecule has 0 unspecified atom stereocenters. The zero-order valence-corrected chi connectivity index (χ0v) is 17.0. The Labute approximate surface area is 171 Å². The average molecular weight is 422 g/mol. The van der Waals surface area contributed by atoms with E-state index in [0.717, 1.165) is 17.4 Å². The summed E-state index contributed by atoms with van der Waals surface area (Å²) < 4.78 is 5.57. The molecule has 0 atom stereocenters. The molecule has 27 heavy (non-hydrogen) atoms. The van der Waals surface area contributed by atoms with Crippen LogP contribution in [0.25, 0.3) is 11.5 Å². The van der Waals surface area contributed by atoms with Crippen LogP contribution in [0.2, 0.25) is 10.0 Å². The van der Waals surface area contributed by atoms with Crippen LogP contribution in [0.1, 0.15) is 25.3 Å². The number of nitrogens with zero attached hydrogens (tertiary/aromatic N) is 2. The number of aromatic nitrogens is 2. The summed E-state index contributed by atoms with van der Waals surface area (Å²) in [6, 6.07) is 12.8. The Bertz CT molecular complexity index is 942. The van der Waals surface area contributed by atoms with Gasteiger partial charge in [-0.05, 0) is 41.8 Å². The van der Waals surface area contributed by atoms with E-state index in [1.807, 2.05) is 24.3 Å². The second-order valence-electron chi connectivity index (χ2n) is 6.11. The second-order valence-corrected chi connectivity index (χ2v) is 7.88. The number of anilines is 1. The number of benzene rings is 2. The van der Waals surface area contributed by atoms with Crippen molar-refractivity contribution in [1.29, 1.82) is 0 Å². The van der Waals surface area contributed by atoms with Crippen LogP contribution in [0, 0.1) is 0 Å². The van der Waals surface area contributed by atoms with Crippen molar-refractivity contribution in [2.24, 2.45) is 0 Å². The summed E-state index contributed by atoms with van der Waals surface area (Å²) in [5.74, 6) is 0.735. The van der Waals surface area contributed by atoms with Gasteiger partial charge in [-0.3, -0.25) is 4.79 Å². The monoisotopic (exact) mass is 421 g/mol. The minimum absolute atomic E-state index is 0.151. The third kappa shape index (κ3) is 5.25. The van der Waals surface area contributed by atoms with Gasteiger partial charge >= 0.3 is 0 Å². The molecule has 0 bridgehead atoms.